The average Bonchev–Trinajstić information content (AvgIpc) is 3.96. The van der Waals surface area contributed by atoms with Crippen molar-refractivity contribution in [1.82, 2.24) is 20.3 Å². The number of esters is 2. The van der Waals surface area contributed by atoms with Crippen molar-refractivity contribution in [3.8, 4) is 0 Å². The summed E-state index contributed by atoms with van der Waals surface area (Å²) in [5, 5.41) is 18.1. The third kappa shape index (κ3) is 9.93. The van der Waals surface area contributed by atoms with Crippen LogP contribution in [-0.4, -0.2) is 66.1 Å². The molecule has 3 aromatic rings. The third-order valence-corrected chi connectivity index (χ3v) is 13.1. The Kier molecular flexibility index (Phi) is 16.1. The average molecular weight is 840 g/mol. The molecule has 0 amide bonds. The molecule has 61 heavy (non-hydrogen) atoms. The monoisotopic (exact) mass is 839 g/mol. The molecule has 3 aromatic heterocycles. The fourth-order valence-corrected chi connectivity index (χ4v) is 9.48. The number of nitrogens with one attached hydrogen (secondary N) is 1. The van der Waals surface area contributed by atoms with Crippen molar-refractivity contribution in [2.24, 2.45) is 29.6 Å². The predicted octanol–water partition coefficient (Wildman–Crippen LogP) is 5.57. The number of aldehydes is 1. The maximum Gasteiger partial charge on any atom is 2.00 e. The molecule has 5 atom stereocenters. The summed E-state index contributed by atoms with van der Waals surface area (Å²) in [6, 6.07) is -0.534. The summed E-state index contributed by atoms with van der Waals surface area (Å²) in [5.41, 5.74) is 8.08. The van der Waals surface area contributed by atoms with E-state index in [1.807, 2.05) is 38.2 Å². The van der Waals surface area contributed by atoms with Crippen molar-refractivity contribution in [3.05, 3.63) is 90.1 Å². The normalized spacial score (nSPS) is 21.7. The van der Waals surface area contributed by atoms with Crippen molar-refractivity contribution in [3.63, 3.8) is 0 Å². The number of fused-ring (bicyclic) bond motifs is 8. The van der Waals surface area contributed by atoms with Crippen LogP contribution in [0.3, 0.4) is 0 Å². The minimum absolute atomic E-state index is 0. The fraction of sp³-hybridized carbons (Fsp3) is 0.500. The first kappa shape index (κ1) is 47.6. The minimum atomic E-state index is -1.10. The predicted molar refractivity (Wildman–Crippen MR) is 243 cm³/mol. The van der Waals surface area contributed by atoms with E-state index in [9.17, 15) is 19.5 Å². The van der Waals surface area contributed by atoms with Gasteiger partial charge in [-0.05, 0) is 81.4 Å². The van der Waals surface area contributed by atoms with Crippen molar-refractivity contribution >= 4 is 76.9 Å². The number of ether oxygens (including phenoxy) is 2. The van der Waals surface area contributed by atoms with E-state index in [0.717, 1.165) is 64.6 Å². The van der Waals surface area contributed by atoms with Crippen LogP contribution in [0.2, 0.25) is 0 Å². The SMILES string of the molecule is C=Cc1c2[n-]c(c1C=O)/C=C1\NC(C3=c4[n-]c(c(C)c4=C(O)[C@@H]3C(=O)OC)/C=c3\[n-]/c(c(C)c3CC)=C\2)[C@@H](CCC(=O)OC/C=C(/C)CCC[C@H](C)CCCC(C)C)[C@@H]1C.[Mg+2]. The molecule has 5 heterocycles. The summed E-state index contributed by atoms with van der Waals surface area (Å²) >= 11 is 0. The number of carbonyl (C=O) groups excluding carboxylic acids is 3. The van der Waals surface area contributed by atoms with E-state index in [-0.39, 0.29) is 59.6 Å². The molecule has 1 aliphatic carbocycles. The number of carbonyl (C=O) groups is 3. The van der Waals surface area contributed by atoms with Crippen molar-refractivity contribution in [2.75, 3.05) is 13.7 Å². The Balaban J connectivity index is 0.00000704. The molecule has 2 aliphatic heterocycles. The van der Waals surface area contributed by atoms with Crippen LogP contribution in [0, 0.1) is 43.4 Å². The zero-order valence-corrected chi connectivity index (χ0v) is 39.2. The Morgan fingerprint density at radius 2 is 1.66 bits per heavy atom. The molecule has 1 saturated heterocycles. The number of hydrogen-bond donors (Lipinski definition) is 2. The number of aliphatic hydroxyl groups is 1. The molecule has 0 radical (unpaired) electrons. The van der Waals surface area contributed by atoms with E-state index in [1.165, 1.54) is 38.4 Å². The van der Waals surface area contributed by atoms with Crippen LogP contribution in [-0.2, 0) is 25.5 Å². The summed E-state index contributed by atoms with van der Waals surface area (Å²) in [6.07, 6.45) is 18.6. The van der Waals surface area contributed by atoms with E-state index in [1.54, 1.807) is 6.08 Å². The van der Waals surface area contributed by atoms with Gasteiger partial charge in [0.15, 0.2) is 0 Å². The molecule has 11 heteroatoms. The largest absolute Gasteiger partial charge is 2.00 e. The summed E-state index contributed by atoms with van der Waals surface area (Å²) in [4.78, 5) is 54.8. The maximum atomic E-state index is 13.6. The molecule has 0 aromatic carbocycles. The second kappa shape index (κ2) is 20.6. The second-order valence-electron chi connectivity index (χ2n) is 17.6. The summed E-state index contributed by atoms with van der Waals surface area (Å²) in [6.45, 7) is 21.3. The Bertz CT molecular complexity index is 2460. The van der Waals surface area contributed by atoms with Gasteiger partial charge in [0.1, 0.15) is 24.6 Å². The first-order valence-electron chi connectivity index (χ1n) is 21.8. The van der Waals surface area contributed by atoms with Crippen molar-refractivity contribution in [1.29, 1.82) is 0 Å². The molecule has 10 nitrogen and oxygen atoms in total. The van der Waals surface area contributed by atoms with Gasteiger partial charge >= 0.3 is 35.0 Å². The van der Waals surface area contributed by atoms with Gasteiger partial charge in [0.2, 0.25) is 0 Å². The first-order chi connectivity index (χ1) is 28.7. The topological polar surface area (TPSA) is 144 Å². The number of nitrogens with zero attached hydrogens (tertiary/aromatic N) is 3. The van der Waals surface area contributed by atoms with Crippen LogP contribution in [0.1, 0.15) is 143 Å². The van der Waals surface area contributed by atoms with E-state index >= 15 is 0 Å². The van der Waals surface area contributed by atoms with Crippen LogP contribution < -0.4 is 41.5 Å². The second-order valence-corrected chi connectivity index (χ2v) is 17.6. The maximum absolute atomic E-state index is 13.6. The quantitative estimate of drug-likeness (QED) is 0.0767. The van der Waals surface area contributed by atoms with Gasteiger partial charge in [0, 0.05) is 28.8 Å². The summed E-state index contributed by atoms with van der Waals surface area (Å²) in [7, 11) is 1.31. The number of allylic oxidation sites excluding steroid dienone is 2. The molecular formula is C50H63MgN4O6-. The van der Waals surface area contributed by atoms with Gasteiger partial charge in [0.25, 0.3) is 0 Å². The molecule has 6 rings (SSSR count). The number of rotatable bonds is 17. The molecule has 0 saturated carbocycles. The number of methoxy groups -OCH3 is 1. The van der Waals surface area contributed by atoms with Crippen LogP contribution in [0.4, 0.5) is 0 Å². The molecule has 322 valence electrons. The Morgan fingerprint density at radius 3 is 2.33 bits per heavy atom. The molecule has 8 bridgehead atoms. The van der Waals surface area contributed by atoms with Gasteiger partial charge < -0.3 is 34.8 Å². The molecule has 3 aliphatic rings. The Labute approximate surface area is 377 Å². The Morgan fingerprint density at radius 1 is 0.951 bits per heavy atom. The third-order valence-electron chi connectivity index (χ3n) is 13.1. The fourth-order valence-electron chi connectivity index (χ4n) is 9.48. The summed E-state index contributed by atoms with van der Waals surface area (Å²) < 4.78 is 11.0. The van der Waals surface area contributed by atoms with Crippen molar-refractivity contribution < 1.29 is 29.0 Å². The number of aromatic nitrogens is 3. The van der Waals surface area contributed by atoms with Gasteiger partial charge in [-0.3, -0.25) is 14.4 Å². The van der Waals surface area contributed by atoms with Crippen LogP contribution >= 0.6 is 0 Å². The van der Waals surface area contributed by atoms with E-state index in [2.05, 4.69) is 53.4 Å². The zero-order valence-electron chi connectivity index (χ0n) is 37.7. The van der Waals surface area contributed by atoms with Gasteiger partial charge in [-0.25, -0.2) is 0 Å². The summed E-state index contributed by atoms with van der Waals surface area (Å²) in [5.74, 6) is -1.08. The van der Waals surface area contributed by atoms with Crippen molar-refractivity contribution in [2.45, 2.75) is 119 Å². The molecule has 1 unspecified atom stereocenters. The first-order valence-corrected chi connectivity index (χ1v) is 21.8. The van der Waals surface area contributed by atoms with Gasteiger partial charge in [-0.1, -0.05) is 113 Å². The minimum Gasteiger partial charge on any atom is -0.657 e. The van der Waals surface area contributed by atoms with Crippen LogP contribution in [0.25, 0.3) is 35.6 Å². The smallest absolute Gasteiger partial charge is 0.657 e. The zero-order chi connectivity index (χ0) is 43.4. The van der Waals surface area contributed by atoms with Crippen LogP contribution in [0.15, 0.2) is 23.9 Å². The van der Waals surface area contributed by atoms with E-state index in [0.29, 0.717) is 56.7 Å². The molecule has 2 N–H and O–H groups in total. The van der Waals surface area contributed by atoms with Gasteiger partial charge in [-0.15, -0.1) is 33.1 Å². The Hall–Kier alpha value is -4.48. The molecule has 1 fully saturated rings. The number of hydrogen-bond acceptors (Lipinski definition) is 7. The van der Waals surface area contributed by atoms with Gasteiger partial charge in [0.05, 0.1) is 13.2 Å². The molecule has 0 spiro atoms. The van der Waals surface area contributed by atoms with E-state index in [4.69, 9.17) is 24.4 Å². The standard InChI is InChI=1S/C50H64N4O6.Mg/c1-11-33-30(7)37-23-41-34(12-2)36(26-55)42(52-41)24-38-31(8)35(19-20-43(56)60-22-21-29(6)18-14-17-28(5)16-13-15-27(3)4)47(53-38)45-46(50(58)59-10)49(57)44-32(9)39(54-48(44)45)25-40(33)51-37;/h12,21,23-28,31,35,46-47H,2,11,13-20,22H2,1,3-10H3,(H3,52,53,55,57);/q-2;+2/p-1/b29-21-,37-23-,40-25-;/t28-,31+,35+,46-,47?;/m1./s1. The van der Waals surface area contributed by atoms with Crippen LogP contribution in [0.5, 0.6) is 0 Å². The molecular weight excluding hydrogens is 777 g/mol. The van der Waals surface area contributed by atoms with E-state index < -0.39 is 17.9 Å². The number of aliphatic hydroxyl groups excluding tert-OH is 1. The van der Waals surface area contributed by atoms with Gasteiger partial charge in [-0.2, -0.15) is 0 Å².